The maximum absolute atomic E-state index is 11.6. The number of nitrogens with zero attached hydrogens (tertiary/aromatic N) is 3. The zero-order valence-electron chi connectivity index (χ0n) is 13.7. The number of imidazole rings is 1. The molecule has 0 bridgehead atoms. The summed E-state index contributed by atoms with van der Waals surface area (Å²) in [7, 11) is 3.32. The molecule has 0 aliphatic heterocycles. The fourth-order valence-electron chi connectivity index (χ4n) is 2.63. The van der Waals surface area contributed by atoms with Crippen molar-refractivity contribution in [2.75, 3.05) is 14.2 Å². The van der Waals surface area contributed by atoms with Crippen LogP contribution in [0, 0.1) is 6.92 Å². The number of rotatable bonds is 5. The molecule has 0 atom stereocenters. The van der Waals surface area contributed by atoms with Gasteiger partial charge in [-0.2, -0.15) is 0 Å². The third kappa shape index (κ3) is 3.44. The zero-order valence-corrected chi connectivity index (χ0v) is 14.5. The minimum atomic E-state index is -0.387. The summed E-state index contributed by atoms with van der Waals surface area (Å²) in [4.78, 5) is 18.2. The number of aromatic nitrogens is 2. The predicted octanol–water partition coefficient (Wildman–Crippen LogP) is 3.31. The molecule has 7 heteroatoms. The van der Waals surface area contributed by atoms with Crippen molar-refractivity contribution in [3.63, 3.8) is 0 Å². The SMILES string of the molecule is COC(=O)c1cc(CN(C)Cc2cn3cc(Cl)ccc3n2)oc1C. The molecule has 3 aromatic rings. The van der Waals surface area contributed by atoms with Crippen molar-refractivity contribution in [1.82, 2.24) is 14.3 Å². The van der Waals surface area contributed by atoms with Crippen molar-refractivity contribution in [2.24, 2.45) is 0 Å². The maximum Gasteiger partial charge on any atom is 0.341 e. The highest BCUT2D eigenvalue weighted by molar-refractivity contribution is 6.30. The molecule has 3 aromatic heterocycles. The Morgan fingerprint density at radius 1 is 1.38 bits per heavy atom. The second-order valence-electron chi connectivity index (χ2n) is 5.69. The molecule has 0 spiro atoms. The summed E-state index contributed by atoms with van der Waals surface area (Å²) in [6.07, 6.45) is 3.77. The largest absolute Gasteiger partial charge is 0.465 e. The highest BCUT2D eigenvalue weighted by Gasteiger charge is 2.16. The molecule has 0 aliphatic rings. The van der Waals surface area contributed by atoms with Gasteiger partial charge in [0.2, 0.25) is 0 Å². The molecular weight excluding hydrogens is 330 g/mol. The van der Waals surface area contributed by atoms with Crippen molar-refractivity contribution in [2.45, 2.75) is 20.0 Å². The van der Waals surface area contributed by atoms with Crippen LogP contribution in [0.1, 0.15) is 27.6 Å². The van der Waals surface area contributed by atoms with Crippen LogP contribution in [0.15, 0.2) is 35.0 Å². The maximum atomic E-state index is 11.6. The Bertz CT molecular complexity index is 884. The van der Waals surface area contributed by atoms with Gasteiger partial charge in [0.25, 0.3) is 0 Å². The zero-order chi connectivity index (χ0) is 17.3. The molecule has 24 heavy (non-hydrogen) atoms. The van der Waals surface area contributed by atoms with Crippen LogP contribution in [0.2, 0.25) is 5.02 Å². The second-order valence-corrected chi connectivity index (χ2v) is 6.13. The molecule has 6 nitrogen and oxygen atoms in total. The van der Waals surface area contributed by atoms with Crippen LogP contribution in [-0.4, -0.2) is 34.4 Å². The molecule has 0 N–H and O–H groups in total. The van der Waals surface area contributed by atoms with Crippen LogP contribution in [0.4, 0.5) is 0 Å². The molecule has 3 rings (SSSR count). The van der Waals surface area contributed by atoms with E-state index in [0.29, 0.717) is 35.2 Å². The van der Waals surface area contributed by atoms with Gasteiger partial charge in [-0.05, 0) is 32.2 Å². The molecule has 0 amide bonds. The van der Waals surface area contributed by atoms with E-state index < -0.39 is 0 Å². The Kier molecular flexibility index (Phi) is 4.59. The molecule has 0 fully saturated rings. The lowest BCUT2D eigenvalue weighted by molar-refractivity contribution is 0.0599. The summed E-state index contributed by atoms with van der Waals surface area (Å²) in [5.74, 6) is 0.886. The Hall–Kier alpha value is -2.31. The summed E-state index contributed by atoms with van der Waals surface area (Å²) in [5.41, 5.74) is 2.24. The molecule has 0 aromatic carbocycles. The van der Waals surface area contributed by atoms with Crippen molar-refractivity contribution >= 4 is 23.2 Å². The first-order chi connectivity index (χ1) is 11.5. The van der Waals surface area contributed by atoms with E-state index in [1.165, 1.54) is 7.11 Å². The minimum Gasteiger partial charge on any atom is -0.465 e. The number of aryl methyl sites for hydroxylation is 1. The Morgan fingerprint density at radius 3 is 2.92 bits per heavy atom. The van der Waals surface area contributed by atoms with Crippen LogP contribution < -0.4 is 0 Å². The van der Waals surface area contributed by atoms with Gasteiger partial charge in [0.15, 0.2) is 0 Å². The van der Waals surface area contributed by atoms with Gasteiger partial charge in [-0.25, -0.2) is 9.78 Å². The van der Waals surface area contributed by atoms with E-state index in [1.807, 2.05) is 36.0 Å². The number of furan rings is 1. The molecular formula is C17H18ClN3O3. The number of carbonyl (C=O) groups excluding carboxylic acids is 1. The van der Waals surface area contributed by atoms with E-state index in [4.69, 9.17) is 20.8 Å². The van der Waals surface area contributed by atoms with Gasteiger partial charge in [-0.15, -0.1) is 0 Å². The van der Waals surface area contributed by atoms with Gasteiger partial charge in [-0.1, -0.05) is 11.6 Å². The summed E-state index contributed by atoms with van der Waals surface area (Å²) >= 11 is 5.99. The van der Waals surface area contributed by atoms with E-state index in [-0.39, 0.29) is 5.97 Å². The average molecular weight is 348 g/mol. The van der Waals surface area contributed by atoms with Crippen molar-refractivity contribution < 1.29 is 13.9 Å². The van der Waals surface area contributed by atoms with Crippen LogP contribution in [0.3, 0.4) is 0 Å². The average Bonchev–Trinajstić information content (AvgIpc) is 3.08. The van der Waals surface area contributed by atoms with Gasteiger partial charge in [0.05, 0.1) is 24.4 Å². The summed E-state index contributed by atoms with van der Waals surface area (Å²) in [5, 5.41) is 0.668. The predicted molar refractivity (Wildman–Crippen MR) is 90.2 cm³/mol. The summed E-state index contributed by atoms with van der Waals surface area (Å²) in [6, 6.07) is 5.42. The number of halogens is 1. The van der Waals surface area contributed by atoms with E-state index in [9.17, 15) is 4.79 Å². The number of methoxy groups -OCH3 is 1. The van der Waals surface area contributed by atoms with Crippen LogP contribution in [-0.2, 0) is 17.8 Å². The first-order valence-corrected chi connectivity index (χ1v) is 7.83. The van der Waals surface area contributed by atoms with E-state index in [0.717, 1.165) is 11.3 Å². The lowest BCUT2D eigenvalue weighted by Gasteiger charge is -2.12. The van der Waals surface area contributed by atoms with Crippen molar-refractivity contribution in [3.05, 3.63) is 58.4 Å². The Labute approximate surface area is 144 Å². The summed E-state index contributed by atoms with van der Waals surface area (Å²) in [6.45, 7) is 2.96. The minimum absolute atomic E-state index is 0.387. The van der Waals surface area contributed by atoms with Crippen LogP contribution in [0.5, 0.6) is 0 Å². The molecule has 0 saturated heterocycles. The molecule has 0 aliphatic carbocycles. The number of fused-ring (bicyclic) bond motifs is 1. The number of hydrogen-bond acceptors (Lipinski definition) is 5. The van der Waals surface area contributed by atoms with Crippen LogP contribution >= 0.6 is 11.6 Å². The number of hydrogen-bond donors (Lipinski definition) is 0. The Balaban J connectivity index is 1.70. The van der Waals surface area contributed by atoms with Gasteiger partial charge in [0.1, 0.15) is 22.7 Å². The van der Waals surface area contributed by atoms with Gasteiger partial charge < -0.3 is 13.6 Å². The van der Waals surface area contributed by atoms with Gasteiger partial charge >= 0.3 is 5.97 Å². The molecule has 3 heterocycles. The van der Waals surface area contributed by atoms with E-state index >= 15 is 0 Å². The first kappa shape index (κ1) is 16.5. The third-order valence-corrected chi connectivity index (χ3v) is 3.92. The normalized spacial score (nSPS) is 11.4. The van der Waals surface area contributed by atoms with Crippen LogP contribution in [0.25, 0.3) is 5.65 Å². The second kappa shape index (κ2) is 6.67. The number of carbonyl (C=O) groups is 1. The lowest BCUT2D eigenvalue weighted by Crippen LogP contribution is -2.17. The molecule has 0 unspecified atom stereocenters. The highest BCUT2D eigenvalue weighted by Crippen LogP contribution is 2.18. The fourth-order valence-corrected chi connectivity index (χ4v) is 2.79. The smallest absolute Gasteiger partial charge is 0.341 e. The lowest BCUT2D eigenvalue weighted by atomic mass is 10.2. The Morgan fingerprint density at radius 2 is 2.17 bits per heavy atom. The molecule has 0 saturated carbocycles. The fraction of sp³-hybridized carbons (Fsp3) is 0.294. The third-order valence-electron chi connectivity index (χ3n) is 3.70. The molecule has 126 valence electrons. The van der Waals surface area contributed by atoms with E-state index in [2.05, 4.69) is 9.88 Å². The standard InChI is InChI=1S/C17H18ClN3O3/c1-11-15(17(22)23-3)6-14(24-11)10-20(2)8-13-9-21-7-12(18)4-5-16(21)19-13/h4-7,9H,8,10H2,1-3H3. The van der Waals surface area contributed by atoms with Gasteiger partial charge in [0, 0.05) is 18.9 Å². The quantitative estimate of drug-likeness (QED) is 0.663. The highest BCUT2D eigenvalue weighted by atomic mass is 35.5. The van der Waals surface area contributed by atoms with Crippen molar-refractivity contribution in [3.8, 4) is 0 Å². The molecule has 0 radical (unpaired) electrons. The first-order valence-electron chi connectivity index (χ1n) is 7.45. The number of esters is 1. The van der Waals surface area contributed by atoms with E-state index in [1.54, 1.807) is 13.0 Å². The van der Waals surface area contributed by atoms with Gasteiger partial charge in [-0.3, -0.25) is 4.90 Å². The number of ether oxygens (including phenoxy) is 1. The topological polar surface area (TPSA) is 60.0 Å². The van der Waals surface area contributed by atoms with Crippen molar-refractivity contribution in [1.29, 1.82) is 0 Å². The monoisotopic (exact) mass is 347 g/mol. The summed E-state index contributed by atoms with van der Waals surface area (Å²) < 4.78 is 12.3. The number of pyridine rings is 1.